The number of aliphatic hydroxyl groups excluding tert-OH is 2. The van der Waals surface area contributed by atoms with Gasteiger partial charge in [0.05, 0.1) is 13.2 Å². The van der Waals surface area contributed by atoms with Crippen LogP contribution in [0.1, 0.15) is 11.1 Å². The van der Waals surface area contributed by atoms with Crippen molar-refractivity contribution in [3.05, 3.63) is 58.2 Å². The van der Waals surface area contributed by atoms with Gasteiger partial charge in [-0.2, -0.15) is 0 Å². The van der Waals surface area contributed by atoms with E-state index in [0.717, 1.165) is 15.6 Å². The molecule has 2 N–H and O–H groups in total. The molecule has 2 rings (SSSR count). The number of benzene rings is 1. The molecule has 20 heavy (non-hydrogen) atoms. The first-order valence-corrected chi connectivity index (χ1v) is 7.19. The van der Waals surface area contributed by atoms with Gasteiger partial charge in [0.15, 0.2) is 0 Å². The van der Waals surface area contributed by atoms with Gasteiger partial charge in [-0.25, -0.2) is 4.98 Å². The molecule has 5 heteroatoms. The molecule has 0 spiro atoms. The fourth-order valence-electron chi connectivity index (χ4n) is 2.06. The van der Waals surface area contributed by atoms with Crippen LogP contribution in [-0.4, -0.2) is 28.3 Å². The molecule has 1 aromatic heterocycles. The second-order valence-corrected chi connectivity index (χ2v) is 5.34. The zero-order valence-electron chi connectivity index (χ0n) is 11.0. The minimum absolute atomic E-state index is 0.0371. The third-order valence-corrected chi connectivity index (χ3v) is 3.40. The van der Waals surface area contributed by atoms with Crippen LogP contribution in [-0.2, 0) is 13.2 Å². The van der Waals surface area contributed by atoms with Gasteiger partial charge in [-0.05, 0) is 27.6 Å². The first-order chi connectivity index (χ1) is 9.74. The van der Waals surface area contributed by atoms with Crippen molar-refractivity contribution in [2.24, 2.45) is 0 Å². The van der Waals surface area contributed by atoms with E-state index in [2.05, 4.69) is 20.9 Å². The van der Waals surface area contributed by atoms with Crippen molar-refractivity contribution in [2.45, 2.75) is 13.2 Å². The molecule has 4 nitrogen and oxygen atoms in total. The molecule has 2 aromatic rings. The molecule has 0 atom stereocenters. The maximum Gasteiger partial charge on any atom is 0.134 e. The summed E-state index contributed by atoms with van der Waals surface area (Å²) >= 11 is 3.35. The van der Waals surface area contributed by atoms with E-state index in [1.54, 1.807) is 6.20 Å². The first-order valence-electron chi connectivity index (χ1n) is 6.39. The van der Waals surface area contributed by atoms with Gasteiger partial charge < -0.3 is 15.1 Å². The van der Waals surface area contributed by atoms with Crippen LogP contribution in [0.25, 0.3) is 0 Å². The van der Waals surface area contributed by atoms with Crippen LogP contribution in [0.15, 0.2) is 47.1 Å². The number of halogens is 1. The third kappa shape index (κ3) is 3.79. The minimum Gasteiger partial charge on any atom is -0.395 e. The summed E-state index contributed by atoms with van der Waals surface area (Å²) in [6, 6.07) is 11.8. The van der Waals surface area contributed by atoms with E-state index in [1.807, 2.05) is 41.3 Å². The molecule has 0 amide bonds. The Labute approximate surface area is 126 Å². The van der Waals surface area contributed by atoms with Gasteiger partial charge in [0.25, 0.3) is 0 Å². The van der Waals surface area contributed by atoms with Gasteiger partial charge in [0, 0.05) is 29.3 Å². The van der Waals surface area contributed by atoms with Crippen LogP contribution in [0.2, 0.25) is 0 Å². The largest absolute Gasteiger partial charge is 0.395 e. The molecule has 0 aliphatic carbocycles. The Morgan fingerprint density at radius 1 is 1.15 bits per heavy atom. The van der Waals surface area contributed by atoms with Crippen molar-refractivity contribution in [2.75, 3.05) is 18.1 Å². The zero-order chi connectivity index (χ0) is 14.4. The Morgan fingerprint density at radius 2 is 1.90 bits per heavy atom. The quantitative estimate of drug-likeness (QED) is 0.850. The van der Waals surface area contributed by atoms with Crippen molar-refractivity contribution < 1.29 is 10.2 Å². The van der Waals surface area contributed by atoms with E-state index in [1.165, 1.54) is 0 Å². The number of aromatic nitrogens is 1. The fraction of sp³-hybridized carbons (Fsp3) is 0.267. The average Bonchev–Trinajstić information content (AvgIpc) is 2.48. The molecule has 0 aliphatic heterocycles. The van der Waals surface area contributed by atoms with E-state index in [4.69, 9.17) is 0 Å². The monoisotopic (exact) mass is 336 g/mol. The average molecular weight is 337 g/mol. The molecular weight excluding hydrogens is 320 g/mol. The predicted molar refractivity (Wildman–Crippen MR) is 82.4 cm³/mol. The molecule has 106 valence electrons. The van der Waals surface area contributed by atoms with Crippen LogP contribution in [0.4, 0.5) is 5.82 Å². The molecule has 1 heterocycles. The van der Waals surface area contributed by atoms with E-state index in [-0.39, 0.29) is 13.2 Å². The van der Waals surface area contributed by atoms with Crippen molar-refractivity contribution in [3.63, 3.8) is 0 Å². The highest BCUT2D eigenvalue weighted by atomic mass is 79.9. The number of aliphatic hydroxyl groups is 2. The second kappa shape index (κ2) is 7.38. The maximum absolute atomic E-state index is 9.48. The topological polar surface area (TPSA) is 56.6 Å². The van der Waals surface area contributed by atoms with Gasteiger partial charge in [-0.15, -0.1) is 0 Å². The van der Waals surface area contributed by atoms with Crippen molar-refractivity contribution >= 4 is 21.7 Å². The second-order valence-electron chi connectivity index (χ2n) is 4.43. The number of hydrogen-bond acceptors (Lipinski definition) is 4. The minimum atomic E-state index is -0.0848. The van der Waals surface area contributed by atoms with Crippen LogP contribution >= 0.6 is 15.9 Å². The lowest BCUT2D eigenvalue weighted by atomic mass is 10.2. The van der Waals surface area contributed by atoms with Gasteiger partial charge in [-0.1, -0.05) is 30.3 Å². The van der Waals surface area contributed by atoms with Crippen LogP contribution < -0.4 is 4.90 Å². The van der Waals surface area contributed by atoms with Crippen molar-refractivity contribution in [1.29, 1.82) is 0 Å². The lowest BCUT2D eigenvalue weighted by Crippen LogP contribution is -2.28. The highest BCUT2D eigenvalue weighted by Gasteiger charge is 2.13. The molecular formula is C15H17BrN2O2. The first kappa shape index (κ1) is 15.0. The van der Waals surface area contributed by atoms with E-state index in [9.17, 15) is 10.2 Å². The molecule has 0 bridgehead atoms. The summed E-state index contributed by atoms with van der Waals surface area (Å²) in [7, 11) is 0. The summed E-state index contributed by atoms with van der Waals surface area (Å²) in [5, 5.41) is 18.7. The normalized spacial score (nSPS) is 10.6. The lowest BCUT2D eigenvalue weighted by Gasteiger charge is -2.25. The van der Waals surface area contributed by atoms with Gasteiger partial charge in [-0.3, -0.25) is 0 Å². The van der Waals surface area contributed by atoms with Crippen molar-refractivity contribution in [3.8, 4) is 0 Å². The molecule has 1 aromatic carbocycles. The summed E-state index contributed by atoms with van der Waals surface area (Å²) < 4.78 is 0.828. The van der Waals surface area contributed by atoms with Gasteiger partial charge >= 0.3 is 0 Å². The van der Waals surface area contributed by atoms with Crippen LogP contribution in [0, 0.1) is 0 Å². The van der Waals surface area contributed by atoms with Crippen LogP contribution in [0.3, 0.4) is 0 Å². The number of pyridine rings is 1. The Morgan fingerprint density at radius 3 is 2.55 bits per heavy atom. The standard InChI is InChI=1S/C15H17BrN2O2/c16-14-8-13(11-20)15(17-9-14)18(6-7-19)10-12-4-2-1-3-5-12/h1-5,8-9,19-20H,6-7,10-11H2. The Bertz CT molecular complexity index is 549. The third-order valence-electron chi connectivity index (χ3n) is 2.97. The summed E-state index contributed by atoms with van der Waals surface area (Å²) in [6.45, 7) is 1.06. The number of anilines is 1. The van der Waals surface area contributed by atoms with Crippen LogP contribution in [0.5, 0.6) is 0 Å². The number of nitrogens with zero attached hydrogens (tertiary/aromatic N) is 2. The molecule has 0 saturated heterocycles. The van der Waals surface area contributed by atoms with E-state index < -0.39 is 0 Å². The zero-order valence-corrected chi connectivity index (χ0v) is 12.6. The fourth-order valence-corrected chi connectivity index (χ4v) is 2.44. The van der Waals surface area contributed by atoms with E-state index >= 15 is 0 Å². The SMILES string of the molecule is OCCN(Cc1ccccc1)c1ncc(Br)cc1CO. The smallest absolute Gasteiger partial charge is 0.134 e. The molecule has 0 unspecified atom stereocenters. The predicted octanol–water partition coefficient (Wildman–Crippen LogP) is 2.34. The Hall–Kier alpha value is -1.43. The molecule has 0 fully saturated rings. The summed E-state index contributed by atoms with van der Waals surface area (Å²) in [5.74, 6) is 0.702. The molecule has 0 aliphatic rings. The number of hydrogen-bond donors (Lipinski definition) is 2. The van der Waals surface area contributed by atoms with Crippen molar-refractivity contribution in [1.82, 2.24) is 4.98 Å². The maximum atomic E-state index is 9.48. The van der Waals surface area contributed by atoms with E-state index in [0.29, 0.717) is 18.9 Å². The summed E-state index contributed by atoms with van der Waals surface area (Å²) in [5.41, 5.74) is 1.87. The lowest BCUT2D eigenvalue weighted by molar-refractivity contribution is 0.280. The Kier molecular flexibility index (Phi) is 5.52. The highest BCUT2D eigenvalue weighted by Crippen LogP contribution is 2.23. The Balaban J connectivity index is 2.28. The van der Waals surface area contributed by atoms with Gasteiger partial charge in [0.1, 0.15) is 5.82 Å². The molecule has 0 radical (unpaired) electrons. The molecule has 0 saturated carbocycles. The number of rotatable bonds is 6. The highest BCUT2D eigenvalue weighted by molar-refractivity contribution is 9.10. The summed E-state index contributed by atoms with van der Waals surface area (Å²) in [4.78, 5) is 6.34. The van der Waals surface area contributed by atoms with Gasteiger partial charge in [0.2, 0.25) is 0 Å². The summed E-state index contributed by atoms with van der Waals surface area (Å²) in [6.07, 6.45) is 1.70.